The Kier molecular flexibility index (Phi) is 4.80. The molecule has 104 valence electrons. The molecule has 2 N–H and O–H groups in total. The Morgan fingerprint density at radius 1 is 1.47 bits per heavy atom. The zero-order valence-electron chi connectivity index (χ0n) is 11.5. The first-order valence-corrected chi connectivity index (χ1v) is 6.94. The number of nitrogens with zero attached hydrogens (tertiary/aromatic N) is 1. The molecule has 1 heterocycles. The maximum Gasteiger partial charge on any atom is 0.260 e. The summed E-state index contributed by atoms with van der Waals surface area (Å²) in [7, 11) is 0. The summed E-state index contributed by atoms with van der Waals surface area (Å²) in [4.78, 5) is 13.9. The van der Waals surface area contributed by atoms with Gasteiger partial charge in [0.2, 0.25) is 0 Å². The summed E-state index contributed by atoms with van der Waals surface area (Å²) in [6, 6.07) is 7.96. The lowest BCUT2D eigenvalue weighted by molar-refractivity contribution is -0.134. The van der Waals surface area contributed by atoms with E-state index in [0.29, 0.717) is 6.54 Å². The first-order chi connectivity index (χ1) is 9.20. The van der Waals surface area contributed by atoms with Crippen LogP contribution < -0.4 is 10.5 Å². The van der Waals surface area contributed by atoms with E-state index in [1.54, 1.807) is 0 Å². The number of likely N-dealkylation sites (tertiary alicyclic amines) is 1. The lowest BCUT2D eigenvalue weighted by Crippen LogP contribution is -2.47. The first-order valence-electron chi connectivity index (χ1n) is 6.94. The van der Waals surface area contributed by atoms with Gasteiger partial charge < -0.3 is 15.4 Å². The summed E-state index contributed by atoms with van der Waals surface area (Å²) in [5, 5.41) is 0. The Morgan fingerprint density at radius 3 is 3.00 bits per heavy atom. The molecule has 1 amide bonds. The number of carbonyl (C=O) groups excluding carboxylic acids is 1. The zero-order valence-corrected chi connectivity index (χ0v) is 11.5. The SMILES string of the molecule is CCc1ccccc1OCC(=O)N1CCC[C@@H](N)C1. The molecule has 1 aliphatic heterocycles. The van der Waals surface area contributed by atoms with Crippen LogP contribution in [0.5, 0.6) is 5.75 Å². The van der Waals surface area contributed by atoms with Gasteiger partial charge in [0.1, 0.15) is 5.75 Å². The smallest absolute Gasteiger partial charge is 0.260 e. The minimum Gasteiger partial charge on any atom is -0.483 e. The van der Waals surface area contributed by atoms with Gasteiger partial charge >= 0.3 is 0 Å². The Labute approximate surface area is 114 Å². The van der Waals surface area contributed by atoms with Crippen molar-refractivity contribution in [1.82, 2.24) is 4.90 Å². The van der Waals surface area contributed by atoms with Crippen molar-refractivity contribution in [3.63, 3.8) is 0 Å². The molecular weight excluding hydrogens is 240 g/mol. The number of nitrogens with two attached hydrogens (primary N) is 1. The van der Waals surface area contributed by atoms with Gasteiger partial charge in [-0.25, -0.2) is 0 Å². The quantitative estimate of drug-likeness (QED) is 0.896. The molecular formula is C15H22N2O2. The average molecular weight is 262 g/mol. The van der Waals surface area contributed by atoms with Gasteiger partial charge in [0.05, 0.1) is 0 Å². The highest BCUT2D eigenvalue weighted by atomic mass is 16.5. The first kappa shape index (κ1) is 13.9. The number of rotatable bonds is 4. The fourth-order valence-electron chi connectivity index (χ4n) is 2.40. The Bertz CT molecular complexity index is 434. The highest BCUT2D eigenvalue weighted by Gasteiger charge is 2.21. The van der Waals surface area contributed by atoms with Crippen molar-refractivity contribution in [3.8, 4) is 5.75 Å². The van der Waals surface area contributed by atoms with E-state index in [9.17, 15) is 4.79 Å². The van der Waals surface area contributed by atoms with E-state index >= 15 is 0 Å². The summed E-state index contributed by atoms with van der Waals surface area (Å²) in [6.07, 6.45) is 2.89. The van der Waals surface area contributed by atoms with Gasteiger partial charge in [-0.05, 0) is 30.9 Å². The number of hydrogen-bond acceptors (Lipinski definition) is 3. The van der Waals surface area contributed by atoms with Crippen molar-refractivity contribution in [2.24, 2.45) is 5.73 Å². The molecule has 0 aromatic heterocycles. The second-order valence-corrected chi connectivity index (χ2v) is 4.99. The molecule has 1 saturated heterocycles. The molecule has 0 aliphatic carbocycles. The van der Waals surface area contributed by atoms with Crippen LogP contribution in [0.15, 0.2) is 24.3 Å². The van der Waals surface area contributed by atoms with Crippen molar-refractivity contribution in [3.05, 3.63) is 29.8 Å². The second-order valence-electron chi connectivity index (χ2n) is 4.99. The molecule has 0 bridgehead atoms. The lowest BCUT2D eigenvalue weighted by atomic mass is 10.1. The molecule has 0 unspecified atom stereocenters. The van der Waals surface area contributed by atoms with Crippen molar-refractivity contribution in [1.29, 1.82) is 0 Å². The number of para-hydroxylation sites is 1. The van der Waals surface area contributed by atoms with Crippen LogP contribution >= 0.6 is 0 Å². The van der Waals surface area contributed by atoms with Crippen molar-refractivity contribution in [2.75, 3.05) is 19.7 Å². The van der Waals surface area contributed by atoms with Crippen LogP contribution in [0.3, 0.4) is 0 Å². The fraction of sp³-hybridized carbons (Fsp3) is 0.533. The molecule has 1 aromatic carbocycles. The predicted molar refractivity (Wildman–Crippen MR) is 75.1 cm³/mol. The molecule has 1 aromatic rings. The predicted octanol–water partition coefficient (Wildman–Crippen LogP) is 1.58. The molecule has 4 nitrogen and oxygen atoms in total. The van der Waals surface area contributed by atoms with E-state index in [-0.39, 0.29) is 18.6 Å². The number of carbonyl (C=O) groups is 1. The second kappa shape index (κ2) is 6.57. The maximum absolute atomic E-state index is 12.1. The van der Waals surface area contributed by atoms with Crippen LogP contribution in [0, 0.1) is 0 Å². The van der Waals surface area contributed by atoms with Gasteiger partial charge in [-0.1, -0.05) is 25.1 Å². The van der Waals surface area contributed by atoms with E-state index < -0.39 is 0 Å². The normalized spacial score (nSPS) is 19.3. The molecule has 19 heavy (non-hydrogen) atoms. The third-order valence-corrected chi connectivity index (χ3v) is 3.52. The van der Waals surface area contributed by atoms with Crippen LogP contribution in [-0.2, 0) is 11.2 Å². The zero-order chi connectivity index (χ0) is 13.7. The highest BCUT2D eigenvalue weighted by Crippen LogP contribution is 2.18. The van der Waals surface area contributed by atoms with Gasteiger partial charge in [-0.3, -0.25) is 4.79 Å². The topological polar surface area (TPSA) is 55.6 Å². The Balaban J connectivity index is 1.89. The Morgan fingerprint density at radius 2 is 2.26 bits per heavy atom. The third kappa shape index (κ3) is 3.70. The van der Waals surface area contributed by atoms with Crippen LogP contribution in [0.25, 0.3) is 0 Å². The van der Waals surface area contributed by atoms with Crippen molar-refractivity contribution >= 4 is 5.91 Å². The molecule has 1 atom stereocenters. The fourth-order valence-corrected chi connectivity index (χ4v) is 2.40. The third-order valence-electron chi connectivity index (χ3n) is 3.52. The Hall–Kier alpha value is -1.55. The lowest BCUT2D eigenvalue weighted by Gasteiger charge is -2.30. The van der Waals surface area contributed by atoms with Gasteiger partial charge in [0, 0.05) is 19.1 Å². The summed E-state index contributed by atoms with van der Waals surface area (Å²) in [6.45, 7) is 3.63. The van der Waals surface area contributed by atoms with Gasteiger partial charge in [0.25, 0.3) is 5.91 Å². The molecule has 1 fully saturated rings. The van der Waals surface area contributed by atoms with E-state index in [0.717, 1.165) is 37.1 Å². The number of hydrogen-bond donors (Lipinski definition) is 1. The van der Waals surface area contributed by atoms with E-state index in [2.05, 4.69) is 6.92 Å². The molecule has 0 radical (unpaired) electrons. The van der Waals surface area contributed by atoms with Gasteiger partial charge in [0.15, 0.2) is 6.61 Å². The number of ether oxygens (including phenoxy) is 1. The number of aryl methyl sites for hydroxylation is 1. The van der Waals surface area contributed by atoms with E-state index in [1.165, 1.54) is 0 Å². The molecule has 0 saturated carbocycles. The summed E-state index contributed by atoms with van der Waals surface area (Å²) >= 11 is 0. The molecule has 0 spiro atoms. The molecule has 2 rings (SSSR count). The van der Waals surface area contributed by atoms with Gasteiger partial charge in [-0.2, -0.15) is 0 Å². The minimum atomic E-state index is 0.0288. The van der Waals surface area contributed by atoms with Crippen LogP contribution in [0.2, 0.25) is 0 Å². The van der Waals surface area contributed by atoms with Crippen molar-refractivity contribution < 1.29 is 9.53 Å². The average Bonchev–Trinajstić information content (AvgIpc) is 2.45. The van der Waals surface area contributed by atoms with Crippen LogP contribution in [-0.4, -0.2) is 36.5 Å². The number of amides is 1. The summed E-state index contributed by atoms with van der Waals surface area (Å²) in [5.74, 6) is 0.834. The van der Waals surface area contributed by atoms with E-state index in [4.69, 9.17) is 10.5 Å². The summed E-state index contributed by atoms with van der Waals surface area (Å²) < 4.78 is 5.65. The molecule has 4 heteroatoms. The largest absolute Gasteiger partial charge is 0.483 e. The minimum absolute atomic E-state index is 0.0288. The number of benzene rings is 1. The van der Waals surface area contributed by atoms with E-state index in [1.807, 2.05) is 29.2 Å². The van der Waals surface area contributed by atoms with Gasteiger partial charge in [-0.15, -0.1) is 0 Å². The molecule has 1 aliphatic rings. The van der Waals surface area contributed by atoms with Crippen molar-refractivity contribution in [2.45, 2.75) is 32.2 Å². The number of piperidine rings is 1. The summed E-state index contributed by atoms with van der Waals surface area (Å²) in [5.41, 5.74) is 7.01. The highest BCUT2D eigenvalue weighted by molar-refractivity contribution is 5.78. The maximum atomic E-state index is 12.1. The standard InChI is InChI=1S/C15H22N2O2/c1-2-12-6-3-4-8-14(12)19-11-15(18)17-9-5-7-13(16)10-17/h3-4,6,8,13H,2,5,7,9-11,16H2,1H3/t13-/m1/s1. The van der Waals surface area contributed by atoms with Crippen LogP contribution in [0.4, 0.5) is 0 Å². The van der Waals surface area contributed by atoms with Crippen LogP contribution in [0.1, 0.15) is 25.3 Å². The monoisotopic (exact) mass is 262 g/mol.